The smallest absolute Gasteiger partial charge is 0.264 e. The number of nitrogens with zero attached hydrogens (tertiary/aromatic N) is 1. The summed E-state index contributed by atoms with van der Waals surface area (Å²) >= 11 is 1.64. The van der Waals surface area contributed by atoms with Crippen LogP contribution in [-0.2, 0) is 17.8 Å². The Hall–Kier alpha value is -0.910. The fraction of sp³-hybridized carbons (Fsp3) is 0.667. The monoisotopic (exact) mass is 294 g/mol. The van der Waals surface area contributed by atoms with Gasteiger partial charge in [-0.25, -0.2) is 0 Å². The zero-order valence-electron chi connectivity index (χ0n) is 11.9. The number of amides is 1. The Kier molecular flexibility index (Phi) is 4.10. The summed E-state index contributed by atoms with van der Waals surface area (Å²) in [5.74, 6) is 0.159. The van der Waals surface area contributed by atoms with Gasteiger partial charge in [0.15, 0.2) is 0 Å². The highest BCUT2D eigenvalue weighted by atomic mass is 32.1. The Balaban J connectivity index is 1.81. The molecule has 2 aliphatic rings. The Labute approximate surface area is 123 Å². The highest BCUT2D eigenvalue weighted by Crippen LogP contribution is 2.30. The van der Waals surface area contributed by atoms with Crippen LogP contribution in [0.15, 0.2) is 6.07 Å². The molecule has 3 rings (SSSR count). The number of rotatable bonds is 2. The third kappa shape index (κ3) is 2.62. The molecule has 0 aromatic carbocycles. The molecule has 3 heterocycles. The molecule has 2 atom stereocenters. The molecule has 1 fully saturated rings. The maximum Gasteiger partial charge on any atom is 0.264 e. The van der Waals surface area contributed by atoms with Crippen LogP contribution in [0.2, 0.25) is 0 Å². The second-order valence-electron chi connectivity index (χ2n) is 5.78. The number of carbonyl (C=O) groups excluding carboxylic acids is 1. The van der Waals surface area contributed by atoms with Gasteiger partial charge >= 0.3 is 0 Å². The first-order chi connectivity index (χ1) is 9.66. The van der Waals surface area contributed by atoms with Gasteiger partial charge < -0.3 is 15.4 Å². The molecular weight excluding hydrogens is 272 g/mol. The third-order valence-electron chi connectivity index (χ3n) is 4.26. The lowest BCUT2D eigenvalue weighted by molar-refractivity contribution is 0.0588. The van der Waals surface area contributed by atoms with Gasteiger partial charge in [-0.3, -0.25) is 4.79 Å². The maximum atomic E-state index is 12.8. The van der Waals surface area contributed by atoms with E-state index in [1.807, 2.05) is 17.9 Å². The number of hydrogen-bond acceptors (Lipinski definition) is 4. The van der Waals surface area contributed by atoms with Crippen LogP contribution in [0.4, 0.5) is 0 Å². The fourth-order valence-corrected chi connectivity index (χ4v) is 4.26. The summed E-state index contributed by atoms with van der Waals surface area (Å²) < 4.78 is 5.46. The molecule has 0 radical (unpaired) electrons. The van der Waals surface area contributed by atoms with E-state index in [1.165, 1.54) is 16.9 Å². The molecule has 2 aliphatic heterocycles. The first kappa shape index (κ1) is 14.0. The molecular formula is C15H22N2O2S. The molecule has 0 spiro atoms. The van der Waals surface area contributed by atoms with Gasteiger partial charge in [0.1, 0.15) is 0 Å². The summed E-state index contributed by atoms with van der Waals surface area (Å²) in [6.07, 6.45) is 4.22. The van der Waals surface area contributed by atoms with E-state index in [4.69, 9.17) is 10.5 Å². The second kappa shape index (κ2) is 5.84. The Morgan fingerprint density at radius 1 is 1.55 bits per heavy atom. The maximum absolute atomic E-state index is 12.8. The summed E-state index contributed by atoms with van der Waals surface area (Å²) in [4.78, 5) is 16.9. The normalized spacial score (nSPS) is 24.3. The van der Waals surface area contributed by atoms with Crippen LogP contribution in [-0.4, -0.2) is 36.0 Å². The van der Waals surface area contributed by atoms with Gasteiger partial charge in [0, 0.05) is 29.9 Å². The number of fused-ring (bicyclic) bond motifs is 1. The molecule has 1 saturated heterocycles. The van der Waals surface area contributed by atoms with Crippen molar-refractivity contribution in [1.29, 1.82) is 0 Å². The summed E-state index contributed by atoms with van der Waals surface area (Å²) in [6, 6.07) is 2.25. The van der Waals surface area contributed by atoms with Crippen LogP contribution in [0.5, 0.6) is 0 Å². The Bertz CT molecular complexity index is 475. The molecule has 2 N–H and O–H groups in total. The number of likely N-dealkylation sites (tertiary alicyclic amines) is 1. The van der Waals surface area contributed by atoms with Crippen molar-refractivity contribution < 1.29 is 9.53 Å². The number of thiophene rings is 1. The largest absolute Gasteiger partial charge is 0.376 e. The first-order valence-electron chi connectivity index (χ1n) is 7.42. The standard InChI is InChI=1S/C15H22N2O2S/c1-10(16)12-4-2-3-6-17(12)15(18)14-8-11-9-19-7-5-13(11)20-14/h8,10,12H,2-7,9,16H2,1H3. The van der Waals surface area contributed by atoms with Crippen LogP contribution in [0.3, 0.4) is 0 Å². The first-order valence-corrected chi connectivity index (χ1v) is 8.24. The molecule has 4 nitrogen and oxygen atoms in total. The number of piperidine rings is 1. The summed E-state index contributed by atoms with van der Waals surface area (Å²) in [7, 11) is 0. The van der Waals surface area contributed by atoms with Crippen molar-refractivity contribution in [3.05, 3.63) is 21.4 Å². The van der Waals surface area contributed by atoms with E-state index in [-0.39, 0.29) is 18.0 Å². The molecule has 5 heteroatoms. The molecule has 0 saturated carbocycles. The molecule has 0 aliphatic carbocycles. The van der Waals surface area contributed by atoms with E-state index >= 15 is 0 Å². The predicted molar refractivity (Wildman–Crippen MR) is 80.0 cm³/mol. The molecule has 2 unspecified atom stereocenters. The van der Waals surface area contributed by atoms with Crippen LogP contribution >= 0.6 is 11.3 Å². The predicted octanol–water partition coefficient (Wildman–Crippen LogP) is 2.16. The summed E-state index contributed by atoms with van der Waals surface area (Å²) in [5, 5.41) is 0. The minimum Gasteiger partial charge on any atom is -0.376 e. The van der Waals surface area contributed by atoms with Crippen LogP contribution in [0.1, 0.15) is 46.3 Å². The van der Waals surface area contributed by atoms with Gasteiger partial charge in [0.05, 0.1) is 18.1 Å². The molecule has 20 heavy (non-hydrogen) atoms. The molecule has 1 aromatic rings. The van der Waals surface area contributed by atoms with Crippen molar-refractivity contribution in [1.82, 2.24) is 4.90 Å². The van der Waals surface area contributed by atoms with Gasteiger partial charge in [-0.05, 0) is 37.8 Å². The number of hydrogen-bond donors (Lipinski definition) is 1. The molecule has 110 valence electrons. The number of carbonyl (C=O) groups is 1. The lowest BCUT2D eigenvalue weighted by Crippen LogP contribution is -2.51. The van der Waals surface area contributed by atoms with E-state index in [1.54, 1.807) is 11.3 Å². The Morgan fingerprint density at radius 3 is 3.15 bits per heavy atom. The lowest BCUT2D eigenvalue weighted by atomic mass is 9.96. The summed E-state index contributed by atoms with van der Waals surface area (Å²) in [6.45, 7) is 4.26. The van der Waals surface area contributed by atoms with E-state index in [0.29, 0.717) is 6.61 Å². The Morgan fingerprint density at radius 2 is 2.40 bits per heavy atom. The number of ether oxygens (including phenoxy) is 1. The van der Waals surface area contributed by atoms with E-state index in [2.05, 4.69) is 0 Å². The summed E-state index contributed by atoms with van der Waals surface area (Å²) in [5.41, 5.74) is 7.25. The van der Waals surface area contributed by atoms with Crippen molar-refractivity contribution in [2.24, 2.45) is 5.73 Å². The topological polar surface area (TPSA) is 55.6 Å². The zero-order valence-corrected chi connectivity index (χ0v) is 12.7. The zero-order chi connectivity index (χ0) is 14.1. The number of nitrogens with two attached hydrogens (primary N) is 1. The quantitative estimate of drug-likeness (QED) is 0.909. The average Bonchev–Trinajstić information content (AvgIpc) is 2.90. The van der Waals surface area contributed by atoms with E-state index in [9.17, 15) is 4.79 Å². The van der Waals surface area contributed by atoms with Crippen LogP contribution in [0.25, 0.3) is 0 Å². The van der Waals surface area contributed by atoms with Gasteiger partial charge in [-0.1, -0.05) is 0 Å². The third-order valence-corrected chi connectivity index (χ3v) is 5.48. The van der Waals surface area contributed by atoms with E-state index < -0.39 is 0 Å². The average molecular weight is 294 g/mol. The highest BCUT2D eigenvalue weighted by Gasteiger charge is 2.31. The van der Waals surface area contributed by atoms with Crippen molar-refractivity contribution in [2.45, 2.75) is 51.3 Å². The molecule has 1 amide bonds. The van der Waals surface area contributed by atoms with Crippen molar-refractivity contribution in [3.63, 3.8) is 0 Å². The highest BCUT2D eigenvalue weighted by molar-refractivity contribution is 7.14. The minimum atomic E-state index is 0.0390. The molecule has 0 bridgehead atoms. The lowest BCUT2D eigenvalue weighted by Gasteiger charge is -2.37. The molecule has 1 aromatic heterocycles. The van der Waals surface area contributed by atoms with Gasteiger partial charge in [0.25, 0.3) is 5.91 Å². The SMILES string of the molecule is CC(N)C1CCCCN1C(=O)c1cc2c(s1)CCOC2. The van der Waals surface area contributed by atoms with Gasteiger partial charge in [0.2, 0.25) is 0 Å². The fourth-order valence-electron chi connectivity index (χ4n) is 3.15. The second-order valence-corrected chi connectivity index (χ2v) is 6.92. The van der Waals surface area contributed by atoms with Gasteiger partial charge in [-0.15, -0.1) is 11.3 Å². The van der Waals surface area contributed by atoms with Crippen molar-refractivity contribution in [2.75, 3.05) is 13.2 Å². The van der Waals surface area contributed by atoms with Gasteiger partial charge in [-0.2, -0.15) is 0 Å². The van der Waals surface area contributed by atoms with Crippen molar-refractivity contribution >= 4 is 17.2 Å². The van der Waals surface area contributed by atoms with E-state index in [0.717, 1.165) is 37.3 Å². The minimum absolute atomic E-state index is 0.0390. The van der Waals surface area contributed by atoms with Crippen LogP contribution in [0, 0.1) is 0 Å². The van der Waals surface area contributed by atoms with Crippen molar-refractivity contribution in [3.8, 4) is 0 Å². The van der Waals surface area contributed by atoms with Crippen LogP contribution < -0.4 is 5.73 Å².